The maximum Gasteiger partial charge on any atom is 0.258 e. The minimum Gasteiger partial charge on any atom is -0.332 e. The topological polar surface area (TPSA) is 50.2 Å². The Kier molecular flexibility index (Phi) is 5.82. The molecule has 0 atom stereocenters. The zero-order chi connectivity index (χ0) is 19.6. The number of amides is 1. The van der Waals surface area contributed by atoms with Crippen molar-refractivity contribution in [2.45, 2.75) is 26.8 Å². The normalized spacial score (nSPS) is 11.3. The lowest BCUT2D eigenvalue weighted by Gasteiger charge is -2.11. The van der Waals surface area contributed by atoms with E-state index < -0.39 is 0 Å². The Morgan fingerprint density at radius 3 is 2.59 bits per heavy atom. The highest BCUT2D eigenvalue weighted by Gasteiger charge is 2.18. The van der Waals surface area contributed by atoms with Crippen LogP contribution in [0.1, 0.15) is 27.9 Å². The molecule has 1 N–H and O–H groups in total. The highest BCUT2D eigenvalue weighted by molar-refractivity contribution is 6.39. The lowest BCUT2D eigenvalue weighted by atomic mass is 10.1. The number of fused-ring (bicyclic) bond motifs is 1. The van der Waals surface area contributed by atoms with Gasteiger partial charge in [-0.1, -0.05) is 29.3 Å². The van der Waals surface area contributed by atoms with Crippen LogP contribution in [0, 0.1) is 13.8 Å². The number of rotatable bonds is 6. The van der Waals surface area contributed by atoms with Crippen molar-refractivity contribution in [2.75, 3.05) is 26.0 Å². The molecular weight excluding hydrogens is 360 g/mol. The fourth-order valence-corrected chi connectivity index (χ4v) is 3.50. The molecule has 1 amide bonds. The second-order valence-corrected chi connectivity index (χ2v) is 7.54. The number of nitrogens with zero attached hydrogens (tertiary/aromatic N) is 3. The first kappa shape index (κ1) is 19.4. The highest BCUT2D eigenvalue weighted by Crippen LogP contribution is 2.30. The van der Waals surface area contributed by atoms with Gasteiger partial charge in [-0.15, -0.1) is 0 Å². The van der Waals surface area contributed by atoms with Gasteiger partial charge in [0.15, 0.2) is 0 Å². The van der Waals surface area contributed by atoms with Crippen molar-refractivity contribution in [1.29, 1.82) is 0 Å². The summed E-state index contributed by atoms with van der Waals surface area (Å²) >= 11 is 6.61. The van der Waals surface area contributed by atoms with E-state index >= 15 is 0 Å². The van der Waals surface area contributed by atoms with Crippen molar-refractivity contribution >= 4 is 34.2 Å². The number of hydrogen-bond donors (Lipinski definition) is 1. The summed E-state index contributed by atoms with van der Waals surface area (Å²) in [6, 6.07) is 7.66. The van der Waals surface area contributed by atoms with Gasteiger partial charge in [-0.05, 0) is 58.6 Å². The summed E-state index contributed by atoms with van der Waals surface area (Å²) in [6.45, 7) is 5.87. The Balaban J connectivity index is 1.87. The van der Waals surface area contributed by atoms with Gasteiger partial charge < -0.3 is 14.8 Å². The van der Waals surface area contributed by atoms with E-state index in [0.717, 1.165) is 47.4 Å². The number of anilines is 1. The number of carbonyl (C=O) groups excluding carboxylic acids is 1. The third kappa shape index (κ3) is 4.31. The number of carbonyl (C=O) groups is 1. The molecule has 0 aliphatic carbocycles. The van der Waals surface area contributed by atoms with E-state index in [1.807, 2.05) is 38.1 Å². The molecule has 0 spiro atoms. The Morgan fingerprint density at radius 1 is 1.22 bits per heavy atom. The van der Waals surface area contributed by atoms with Crippen molar-refractivity contribution in [1.82, 2.24) is 14.5 Å². The average molecular weight is 385 g/mol. The van der Waals surface area contributed by atoms with E-state index in [9.17, 15) is 4.79 Å². The van der Waals surface area contributed by atoms with E-state index in [-0.39, 0.29) is 5.91 Å². The summed E-state index contributed by atoms with van der Waals surface area (Å²) in [5.41, 5.74) is 4.11. The van der Waals surface area contributed by atoms with Crippen LogP contribution >= 0.6 is 11.6 Å². The van der Waals surface area contributed by atoms with Crippen molar-refractivity contribution < 1.29 is 4.79 Å². The summed E-state index contributed by atoms with van der Waals surface area (Å²) in [6.07, 6.45) is 4.64. The van der Waals surface area contributed by atoms with Crippen LogP contribution in [0.3, 0.4) is 0 Å². The van der Waals surface area contributed by atoms with Gasteiger partial charge in [-0.2, -0.15) is 0 Å². The quantitative estimate of drug-likeness (QED) is 0.680. The predicted octanol–water partition coefficient (Wildman–Crippen LogP) is 4.51. The standard InChI is InChI=1S/C21H25ClN4O/c1-14-6-8-16(9-7-14)24-21(27)17-12-23-20-18(19(17)22)15(2)13-26(20)11-5-10-25(3)4/h6-9,12-13H,5,10-11H2,1-4H3,(H,24,27). The highest BCUT2D eigenvalue weighted by atomic mass is 35.5. The fourth-order valence-electron chi connectivity index (χ4n) is 3.13. The Morgan fingerprint density at radius 2 is 1.93 bits per heavy atom. The smallest absolute Gasteiger partial charge is 0.258 e. The molecule has 0 bridgehead atoms. The molecule has 3 rings (SSSR count). The molecular formula is C21H25ClN4O. The molecule has 0 aliphatic rings. The first-order valence-electron chi connectivity index (χ1n) is 9.03. The summed E-state index contributed by atoms with van der Waals surface area (Å²) in [5, 5.41) is 4.19. The Hall–Kier alpha value is -2.37. The van der Waals surface area contributed by atoms with E-state index in [2.05, 4.69) is 40.1 Å². The molecule has 0 unspecified atom stereocenters. The minimum atomic E-state index is -0.252. The van der Waals surface area contributed by atoms with Crippen molar-refractivity contribution in [3.05, 3.63) is 58.4 Å². The molecule has 0 fully saturated rings. The third-order valence-corrected chi connectivity index (χ3v) is 4.96. The zero-order valence-electron chi connectivity index (χ0n) is 16.2. The Bertz CT molecular complexity index is 960. The number of hydrogen-bond acceptors (Lipinski definition) is 3. The molecule has 0 saturated heterocycles. The van der Waals surface area contributed by atoms with Gasteiger partial charge in [-0.25, -0.2) is 4.98 Å². The van der Waals surface area contributed by atoms with Crippen molar-refractivity contribution in [3.8, 4) is 0 Å². The largest absolute Gasteiger partial charge is 0.332 e. The first-order valence-corrected chi connectivity index (χ1v) is 9.41. The SMILES string of the molecule is Cc1ccc(NC(=O)c2cnc3c(c(C)cn3CCCN(C)C)c2Cl)cc1. The van der Waals surface area contributed by atoms with Gasteiger partial charge in [-0.3, -0.25) is 4.79 Å². The average Bonchev–Trinajstić information content (AvgIpc) is 2.93. The van der Waals surface area contributed by atoms with E-state index in [1.165, 1.54) is 0 Å². The van der Waals surface area contributed by atoms with Crippen LogP contribution in [0.4, 0.5) is 5.69 Å². The van der Waals surface area contributed by atoms with Crippen LogP contribution < -0.4 is 5.32 Å². The zero-order valence-corrected chi connectivity index (χ0v) is 17.0. The van der Waals surface area contributed by atoms with E-state index in [0.29, 0.717) is 10.6 Å². The van der Waals surface area contributed by atoms with Crippen molar-refractivity contribution in [2.24, 2.45) is 0 Å². The molecule has 5 nitrogen and oxygen atoms in total. The maximum atomic E-state index is 12.7. The van der Waals surface area contributed by atoms with Gasteiger partial charge in [0.25, 0.3) is 5.91 Å². The second-order valence-electron chi connectivity index (χ2n) is 7.17. The van der Waals surface area contributed by atoms with Crippen LogP contribution in [0.25, 0.3) is 11.0 Å². The molecule has 6 heteroatoms. The monoisotopic (exact) mass is 384 g/mol. The van der Waals surface area contributed by atoms with E-state index in [4.69, 9.17) is 11.6 Å². The molecule has 1 aromatic carbocycles. The van der Waals surface area contributed by atoms with Gasteiger partial charge in [0.2, 0.25) is 0 Å². The lowest BCUT2D eigenvalue weighted by molar-refractivity contribution is 0.102. The summed E-state index contributed by atoms with van der Waals surface area (Å²) in [5.74, 6) is -0.252. The molecule has 3 aromatic rings. The molecule has 0 aliphatic heterocycles. The van der Waals surface area contributed by atoms with Gasteiger partial charge in [0.05, 0.1) is 10.6 Å². The van der Waals surface area contributed by atoms with Crippen LogP contribution in [-0.4, -0.2) is 41.0 Å². The molecule has 0 saturated carbocycles. The van der Waals surface area contributed by atoms with Gasteiger partial charge >= 0.3 is 0 Å². The number of halogens is 1. The number of aromatic nitrogens is 2. The lowest BCUT2D eigenvalue weighted by Crippen LogP contribution is -2.15. The number of nitrogens with one attached hydrogen (secondary N) is 1. The fraction of sp³-hybridized carbons (Fsp3) is 0.333. The van der Waals surface area contributed by atoms with Crippen molar-refractivity contribution in [3.63, 3.8) is 0 Å². The summed E-state index contributed by atoms with van der Waals surface area (Å²) in [7, 11) is 4.13. The predicted molar refractivity (Wildman–Crippen MR) is 112 cm³/mol. The molecule has 142 valence electrons. The number of aryl methyl sites for hydroxylation is 3. The first-order chi connectivity index (χ1) is 12.9. The van der Waals surface area contributed by atoms with Gasteiger partial charge in [0.1, 0.15) is 5.65 Å². The minimum absolute atomic E-state index is 0.252. The Labute approximate surface area is 165 Å². The van der Waals surface area contributed by atoms with Gasteiger partial charge in [0, 0.05) is 30.0 Å². The van der Waals surface area contributed by atoms with E-state index in [1.54, 1.807) is 6.20 Å². The number of benzene rings is 1. The van der Waals surface area contributed by atoms with Crippen LogP contribution in [0.5, 0.6) is 0 Å². The maximum absolute atomic E-state index is 12.7. The number of pyridine rings is 1. The third-order valence-electron chi connectivity index (χ3n) is 4.57. The summed E-state index contributed by atoms with van der Waals surface area (Å²) < 4.78 is 2.11. The molecule has 27 heavy (non-hydrogen) atoms. The molecule has 2 heterocycles. The van der Waals surface area contributed by atoms with Crippen LogP contribution in [0.2, 0.25) is 5.02 Å². The molecule has 2 aromatic heterocycles. The van der Waals surface area contributed by atoms with Crippen LogP contribution in [-0.2, 0) is 6.54 Å². The molecule has 0 radical (unpaired) electrons. The van der Waals surface area contributed by atoms with Crippen LogP contribution in [0.15, 0.2) is 36.7 Å². The summed E-state index contributed by atoms with van der Waals surface area (Å²) in [4.78, 5) is 19.4. The second kappa shape index (κ2) is 8.11.